The Kier molecular flexibility index (Phi) is 6.01. The van der Waals surface area contributed by atoms with E-state index >= 15 is 0 Å². The standard InChI is InChI=1S/C11H17ClN2O3S/c1-3-4-9(8-17-2)14-18(15,16)11-7-13-6-5-10(11)12/h5-7,9,14H,3-4,8H2,1-2H3. The highest BCUT2D eigenvalue weighted by molar-refractivity contribution is 7.89. The summed E-state index contributed by atoms with van der Waals surface area (Å²) in [5, 5.41) is 0.158. The highest BCUT2D eigenvalue weighted by Crippen LogP contribution is 2.19. The minimum Gasteiger partial charge on any atom is -0.383 e. The molecule has 0 spiro atoms. The van der Waals surface area contributed by atoms with Crippen LogP contribution in [0, 0.1) is 0 Å². The Hall–Kier alpha value is -0.690. The summed E-state index contributed by atoms with van der Waals surface area (Å²) in [7, 11) is -2.12. The number of rotatable bonds is 7. The number of pyridine rings is 1. The molecule has 0 aromatic carbocycles. The van der Waals surface area contributed by atoms with Crippen molar-refractivity contribution in [1.29, 1.82) is 0 Å². The van der Waals surface area contributed by atoms with Crippen LogP contribution >= 0.6 is 11.6 Å². The molecule has 0 fully saturated rings. The number of sulfonamides is 1. The lowest BCUT2D eigenvalue weighted by Crippen LogP contribution is -2.38. The van der Waals surface area contributed by atoms with E-state index in [4.69, 9.17) is 16.3 Å². The van der Waals surface area contributed by atoms with Crippen LogP contribution in [0.1, 0.15) is 19.8 Å². The Morgan fingerprint density at radius 2 is 2.28 bits per heavy atom. The predicted molar refractivity (Wildman–Crippen MR) is 70.1 cm³/mol. The summed E-state index contributed by atoms with van der Waals surface area (Å²) < 4.78 is 31.8. The van der Waals surface area contributed by atoms with Gasteiger partial charge in [-0.1, -0.05) is 24.9 Å². The molecule has 0 amide bonds. The van der Waals surface area contributed by atoms with Gasteiger partial charge in [-0.25, -0.2) is 13.1 Å². The predicted octanol–water partition coefficient (Wildman–Crippen LogP) is 1.83. The largest absolute Gasteiger partial charge is 0.383 e. The van der Waals surface area contributed by atoms with Crippen LogP contribution in [0.25, 0.3) is 0 Å². The third-order valence-electron chi connectivity index (χ3n) is 2.35. The van der Waals surface area contributed by atoms with Crippen LogP contribution in [0.5, 0.6) is 0 Å². The molecule has 5 nitrogen and oxygen atoms in total. The Morgan fingerprint density at radius 3 is 2.83 bits per heavy atom. The second kappa shape index (κ2) is 7.04. The van der Waals surface area contributed by atoms with Gasteiger partial charge in [-0.2, -0.15) is 0 Å². The van der Waals surface area contributed by atoms with E-state index in [1.54, 1.807) is 0 Å². The average molecular weight is 293 g/mol. The summed E-state index contributed by atoms with van der Waals surface area (Å²) in [6.07, 6.45) is 4.24. The monoisotopic (exact) mass is 292 g/mol. The van der Waals surface area contributed by atoms with Gasteiger partial charge in [-0.05, 0) is 12.5 Å². The lowest BCUT2D eigenvalue weighted by Gasteiger charge is -2.17. The third kappa shape index (κ3) is 4.20. The minimum absolute atomic E-state index is 0.0103. The molecule has 0 aliphatic rings. The zero-order chi connectivity index (χ0) is 13.6. The van der Waals surface area contributed by atoms with E-state index in [0.29, 0.717) is 13.0 Å². The number of hydrogen-bond acceptors (Lipinski definition) is 4. The molecule has 1 rings (SSSR count). The van der Waals surface area contributed by atoms with Gasteiger partial charge in [0.15, 0.2) is 0 Å². The van der Waals surface area contributed by atoms with Crippen molar-refractivity contribution in [1.82, 2.24) is 9.71 Å². The number of hydrogen-bond donors (Lipinski definition) is 1. The molecule has 7 heteroatoms. The van der Waals surface area contributed by atoms with E-state index in [1.807, 2.05) is 6.92 Å². The van der Waals surface area contributed by atoms with Gasteiger partial charge in [0.1, 0.15) is 4.90 Å². The van der Waals surface area contributed by atoms with Gasteiger partial charge in [0.2, 0.25) is 10.0 Å². The molecule has 0 saturated heterocycles. The summed E-state index contributed by atoms with van der Waals surface area (Å²) in [6.45, 7) is 2.30. The van der Waals surface area contributed by atoms with Gasteiger partial charge in [0.05, 0.1) is 11.6 Å². The molecular weight excluding hydrogens is 276 g/mol. The summed E-state index contributed by atoms with van der Waals surface area (Å²) in [5.74, 6) is 0. The van der Waals surface area contributed by atoms with Crippen LogP contribution in [-0.4, -0.2) is 33.2 Å². The molecule has 0 aliphatic heterocycles. The number of aromatic nitrogens is 1. The summed E-state index contributed by atoms with van der Waals surface area (Å²) >= 11 is 5.86. The fourth-order valence-corrected chi connectivity index (χ4v) is 3.26. The molecule has 1 heterocycles. The molecule has 0 radical (unpaired) electrons. The first-order valence-corrected chi connectivity index (χ1v) is 7.48. The first-order valence-electron chi connectivity index (χ1n) is 5.62. The van der Waals surface area contributed by atoms with Crippen molar-refractivity contribution in [2.75, 3.05) is 13.7 Å². The Morgan fingerprint density at radius 1 is 1.56 bits per heavy atom. The zero-order valence-corrected chi connectivity index (χ0v) is 12.0. The van der Waals surface area contributed by atoms with Crippen LogP contribution in [0.3, 0.4) is 0 Å². The molecule has 0 aliphatic carbocycles. The highest BCUT2D eigenvalue weighted by Gasteiger charge is 2.22. The molecule has 1 aromatic heterocycles. The summed E-state index contributed by atoms with van der Waals surface area (Å²) in [4.78, 5) is 3.77. The second-order valence-corrected chi connectivity index (χ2v) is 5.96. The molecule has 1 unspecified atom stereocenters. The minimum atomic E-state index is -3.66. The van der Waals surface area contributed by atoms with Crippen LogP contribution in [0.15, 0.2) is 23.4 Å². The Labute approximate surface area is 113 Å². The van der Waals surface area contributed by atoms with Gasteiger partial charge >= 0.3 is 0 Å². The molecule has 1 aromatic rings. The lowest BCUT2D eigenvalue weighted by molar-refractivity contribution is 0.171. The van der Waals surface area contributed by atoms with Crippen LogP contribution < -0.4 is 4.72 Å². The number of ether oxygens (including phenoxy) is 1. The average Bonchev–Trinajstić information content (AvgIpc) is 2.29. The van der Waals surface area contributed by atoms with E-state index < -0.39 is 10.0 Å². The van der Waals surface area contributed by atoms with Gasteiger partial charge in [-0.3, -0.25) is 4.98 Å². The normalized spacial score (nSPS) is 13.5. The third-order valence-corrected chi connectivity index (χ3v) is 4.34. The van der Waals surface area contributed by atoms with E-state index in [9.17, 15) is 8.42 Å². The van der Waals surface area contributed by atoms with Crippen molar-refractivity contribution in [3.8, 4) is 0 Å². The van der Waals surface area contributed by atoms with Crippen LogP contribution in [0.4, 0.5) is 0 Å². The SMILES string of the molecule is CCCC(COC)NS(=O)(=O)c1cnccc1Cl. The number of nitrogens with zero attached hydrogens (tertiary/aromatic N) is 1. The first-order chi connectivity index (χ1) is 8.51. The molecule has 18 heavy (non-hydrogen) atoms. The molecule has 1 N–H and O–H groups in total. The fourth-order valence-electron chi connectivity index (χ4n) is 1.57. The van der Waals surface area contributed by atoms with Crippen molar-refractivity contribution in [2.45, 2.75) is 30.7 Å². The number of methoxy groups -OCH3 is 1. The van der Waals surface area contributed by atoms with Crippen molar-refractivity contribution in [3.05, 3.63) is 23.5 Å². The lowest BCUT2D eigenvalue weighted by atomic mass is 10.2. The molecule has 1 atom stereocenters. The van der Waals surface area contributed by atoms with Crippen molar-refractivity contribution >= 4 is 21.6 Å². The maximum atomic E-state index is 12.1. The van der Waals surface area contributed by atoms with Gasteiger partial charge in [-0.15, -0.1) is 0 Å². The molecule has 102 valence electrons. The number of nitrogens with one attached hydrogen (secondary N) is 1. The van der Waals surface area contributed by atoms with Crippen LogP contribution in [0.2, 0.25) is 5.02 Å². The second-order valence-electron chi connectivity index (χ2n) is 3.87. The van der Waals surface area contributed by atoms with Gasteiger partial charge < -0.3 is 4.74 Å². The van der Waals surface area contributed by atoms with Crippen molar-refractivity contribution in [3.63, 3.8) is 0 Å². The molecule has 0 bridgehead atoms. The Balaban J connectivity index is 2.90. The highest BCUT2D eigenvalue weighted by atomic mass is 35.5. The van der Waals surface area contributed by atoms with E-state index in [-0.39, 0.29) is 16.0 Å². The van der Waals surface area contributed by atoms with Crippen LogP contribution in [-0.2, 0) is 14.8 Å². The molecule has 0 saturated carbocycles. The smallest absolute Gasteiger partial charge is 0.243 e. The van der Waals surface area contributed by atoms with Gasteiger partial charge in [0, 0.05) is 25.5 Å². The quantitative estimate of drug-likeness (QED) is 0.832. The van der Waals surface area contributed by atoms with Gasteiger partial charge in [0.25, 0.3) is 0 Å². The number of halogens is 1. The van der Waals surface area contributed by atoms with Crippen molar-refractivity contribution < 1.29 is 13.2 Å². The maximum Gasteiger partial charge on any atom is 0.243 e. The topological polar surface area (TPSA) is 68.3 Å². The van der Waals surface area contributed by atoms with E-state index in [1.165, 1.54) is 25.6 Å². The first kappa shape index (κ1) is 15.4. The fraction of sp³-hybridized carbons (Fsp3) is 0.545. The zero-order valence-electron chi connectivity index (χ0n) is 10.4. The Bertz CT molecular complexity index is 473. The molecular formula is C11H17ClN2O3S. The van der Waals surface area contributed by atoms with E-state index in [2.05, 4.69) is 9.71 Å². The van der Waals surface area contributed by atoms with E-state index in [0.717, 1.165) is 6.42 Å². The maximum absolute atomic E-state index is 12.1. The summed E-state index contributed by atoms with van der Waals surface area (Å²) in [6, 6.07) is 1.18. The summed E-state index contributed by atoms with van der Waals surface area (Å²) in [5.41, 5.74) is 0. The van der Waals surface area contributed by atoms with Crippen molar-refractivity contribution in [2.24, 2.45) is 0 Å².